The quantitative estimate of drug-likeness (QED) is 0.106. The molecule has 8 N–H and O–H groups in total. The number of aliphatic imine (C=N–C) groups is 1. The summed E-state index contributed by atoms with van der Waals surface area (Å²) in [5, 5.41) is 4.18. The molecule has 0 radical (unpaired) electrons. The van der Waals surface area contributed by atoms with Gasteiger partial charge in [0.2, 0.25) is 0 Å². The lowest BCUT2D eigenvalue weighted by molar-refractivity contribution is 0.177. The Hall–Kier alpha value is -3.77. The number of aryl methyl sites for hydroxylation is 1. The lowest BCUT2D eigenvalue weighted by Crippen LogP contribution is -2.30. The highest BCUT2D eigenvalue weighted by Gasteiger charge is 2.16. The van der Waals surface area contributed by atoms with Gasteiger partial charge in [-0.2, -0.15) is 4.98 Å². The monoisotopic (exact) mass is 610 g/mol. The molecule has 0 aliphatic carbocycles. The predicted molar refractivity (Wildman–Crippen MR) is 171 cm³/mol. The van der Waals surface area contributed by atoms with Gasteiger partial charge in [-0.15, -0.1) is 0 Å². The molecule has 2 aromatic carbocycles. The third kappa shape index (κ3) is 8.41. The molecule has 0 bridgehead atoms. The average Bonchev–Trinajstić information content (AvgIpc) is 3.36. The number of hydrogen-bond donors (Lipinski definition) is 5. The minimum Gasteiger partial charge on any atom is -0.382 e. The molecule has 0 amide bonds. The van der Waals surface area contributed by atoms with Crippen LogP contribution in [-0.4, -0.2) is 52.8 Å². The summed E-state index contributed by atoms with van der Waals surface area (Å²) in [5.41, 5.74) is 20.3. The van der Waals surface area contributed by atoms with Crippen molar-refractivity contribution in [1.82, 2.24) is 19.9 Å². The maximum absolute atomic E-state index is 15.1. The van der Waals surface area contributed by atoms with Crippen LogP contribution >= 0.6 is 11.6 Å². The molecule has 0 unspecified atom stereocenters. The fraction of sp³-hybridized carbons (Fsp3) is 0.387. The summed E-state index contributed by atoms with van der Waals surface area (Å²) in [7, 11) is 1.61. The number of methoxy groups -OCH3 is 1. The van der Waals surface area contributed by atoms with Crippen molar-refractivity contribution in [2.24, 2.45) is 22.2 Å². The van der Waals surface area contributed by atoms with Crippen molar-refractivity contribution < 1.29 is 9.13 Å². The van der Waals surface area contributed by atoms with E-state index < -0.39 is 11.5 Å². The molecular formula is C31H40ClFN8O2. The molecule has 3 atom stereocenters. The van der Waals surface area contributed by atoms with Crippen LogP contribution in [0.4, 0.5) is 4.39 Å². The SMILES string of the molecule is COC[C@H](CCN[C@@H](C)c1ccc(-n2cc3cc(-c4cc(CCC[C@H](C)N)cc(Cl)c4F)[nH]c3nc2=O)cc1)N=C(N)N. The van der Waals surface area contributed by atoms with E-state index in [0.717, 1.165) is 30.4 Å². The molecule has 0 fully saturated rings. The van der Waals surface area contributed by atoms with E-state index in [0.29, 0.717) is 47.6 Å². The van der Waals surface area contributed by atoms with Crippen molar-refractivity contribution >= 4 is 28.6 Å². The van der Waals surface area contributed by atoms with Crippen LogP contribution in [0.2, 0.25) is 5.02 Å². The zero-order chi connectivity index (χ0) is 31.1. The molecule has 0 saturated heterocycles. The summed E-state index contributed by atoms with van der Waals surface area (Å²) < 4.78 is 21.8. The molecule has 0 aliphatic heterocycles. The number of aromatic nitrogens is 3. The van der Waals surface area contributed by atoms with Crippen molar-refractivity contribution in [3.63, 3.8) is 0 Å². The van der Waals surface area contributed by atoms with E-state index in [1.165, 1.54) is 4.57 Å². The number of benzene rings is 2. The van der Waals surface area contributed by atoms with Crippen molar-refractivity contribution in [2.45, 2.75) is 57.7 Å². The van der Waals surface area contributed by atoms with Crippen LogP contribution in [0.1, 0.15) is 50.3 Å². The van der Waals surface area contributed by atoms with Gasteiger partial charge in [0.25, 0.3) is 0 Å². The number of nitrogens with zero attached hydrogens (tertiary/aromatic N) is 3. The summed E-state index contributed by atoms with van der Waals surface area (Å²) in [6, 6.07) is 12.9. The maximum Gasteiger partial charge on any atom is 0.354 e. The van der Waals surface area contributed by atoms with Crippen LogP contribution < -0.4 is 28.2 Å². The molecule has 43 heavy (non-hydrogen) atoms. The second kappa shape index (κ2) is 14.6. The van der Waals surface area contributed by atoms with Gasteiger partial charge in [-0.25, -0.2) is 14.2 Å². The van der Waals surface area contributed by atoms with E-state index in [4.69, 9.17) is 33.5 Å². The molecule has 4 rings (SSSR count). The molecule has 0 spiro atoms. The Balaban J connectivity index is 1.50. The minimum absolute atomic E-state index is 0.0407. The molecule has 0 saturated carbocycles. The van der Waals surface area contributed by atoms with Gasteiger partial charge >= 0.3 is 5.69 Å². The summed E-state index contributed by atoms with van der Waals surface area (Å²) >= 11 is 6.24. The fourth-order valence-electron chi connectivity index (χ4n) is 5.03. The van der Waals surface area contributed by atoms with E-state index in [9.17, 15) is 4.79 Å². The molecule has 2 heterocycles. The van der Waals surface area contributed by atoms with Crippen molar-refractivity contribution in [2.75, 3.05) is 20.3 Å². The maximum atomic E-state index is 15.1. The highest BCUT2D eigenvalue weighted by molar-refractivity contribution is 6.31. The van der Waals surface area contributed by atoms with Gasteiger partial charge in [-0.05, 0) is 87.5 Å². The molecule has 12 heteroatoms. The van der Waals surface area contributed by atoms with Gasteiger partial charge in [0.05, 0.1) is 29.1 Å². The first-order valence-electron chi connectivity index (χ1n) is 14.3. The number of ether oxygens (including phenoxy) is 1. The normalized spacial score (nSPS) is 13.6. The number of nitrogens with two attached hydrogens (primary N) is 3. The zero-order valence-electron chi connectivity index (χ0n) is 24.7. The number of rotatable bonds is 14. The number of H-pyrrole nitrogens is 1. The van der Waals surface area contributed by atoms with Crippen molar-refractivity contribution in [3.05, 3.63) is 81.1 Å². The third-order valence-corrected chi connectivity index (χ3v) is 7.58. The Bertz CT molecular complexity index is 1610. The minimum atomic E-state index is -0.525. The first kappa shape index (κ1) is 32.2. The molecule has 2 aromatic heterocycles. The Kier molecular flexibility index (Phi) is 10.9. The summed E-state index contributed by atoms with van der Waals surface area (Å²) in [4.78, 5) is 24.5. The highest BCUT2D eigenvalue weighted by atomic mass is 35.5. The molecular weight excluding hydrogens is 571 g/mol. The van der Waals surface area contributed by atoms with Crippen LogP contribution in [0, 0.1) is 5.82 Å². The number of fused-ring (bicyclic) bond motifs is 1. The van der Waals surface area contributed by atoms with E-state index in [1.54, 1.807) is 31.5 Å². The van der Waals surface area contributed by atoms with Crippen molar-refractivity contribution in [3.8, 4) is 16.9 Å². The van der Waals surface area contributed by atoms with Gasteiger partial charge in [0.1, 0.15) is 5.65 Å². The standard InChI is InChI=1S/C31H40ClFN8O2/c1-18(34)5-4-6-20-13-25(28(33)26(32)14-20)27-15-22-16-41(31(42)40-29(22)39-27)24-9-7-21(8-10-24)19(2)37-12-11-23(17-43-3)38-30(35)36/h7-10,13-16,18-19,23,37H,4-6,11-12,17,34H2,1-3H3,(H4,35,36,38)(H,39,40,42)/t18-,19-,23-/m0/s1. The molecule has 10 nitrogen and oxygen atoms in total. The Morgan fingerprint density at radius 1 is 1.19 bits per heavy atom. The summed E-state index contributed by atoms with van der Waals surface area (Å²) in [6.07, 6.45) is 4.87. The first-order valence-corrected chi connectivity index (χ1v) is 14.7. The highest BCUT2D eigenvalue weighted by Crippen LogP contribution is 2.31. The number of hydrogen-bond acceptors (Lipinski definition) is 6. The van der Waals surface area contributed by atoms with Gasteiger partial charge in [0.15, 0.2) is 11.8 Å². The topological polar surface area (TPSA) is 162 Å². The van der Waals surface area contributed by atoms with Gasteiger partial charge < -0.3 is 32.2 Å². The van der Waals surface area contributed by atoms with Gasteiger partial charge in [-0.1, -0.05) is 23.7 Å². The lowest BCUT2D eigenvalue weighted by atomic mass is 10.0. The van der Waals surface area contributed by atoms with Crippen molar-refractivity contribution in [1.29, 1.82) is 0 Å². The number of halogens is 2. The number of nitrogens with one attached hydrogen (secondary N) is 2. The van der Waals surface area contributed by atoms with E-state index in [1.807, 2.05) is 31.2 Å². The van der Waals surface area contributed by atoms with Crippen LogP contribution in [0.5, 0.6) is 0 Å². The Morgan fingerprint density at radius 2 is 1.93 bits per heavy atom. The number of guanidine groups is 1. The van der Waals surface area contributed by atoms with Crippen LogP contribution in [0.25, 0.3) is 28.0 Å². The Morgan fingerprint density at radius 3 is 2.60 bits per heavy atom. The Labute approximate surface area is 255 Å². The second-order valence-electron chi connectivity index (χ2n) is 10.9. The van der Waals surface area contributed by atoms with Crippen LogP contribution in [0.3, 0.4) is 0 Å². The predicted octanol–water partition coefficient (Wildman–Crippen LogP) is 4.17. The van der Waals surface area contributed by atoms with E-state index >= 15 is 4.39 Å². The second-order valence-corrected chi connectivity index (χ2v) is 11.3. The summed E-state index contributed by atoms with van der Waals surface area (Å²) in [6.45, 7) is 5.14. The molecule has 4 aromatic rings. The van der Waals surface area contributed by atoms with Gasteiger partial charge in [0, 0.05) is 36.3 Å². The van der Waals surface area contributed by atoms with Gasteiger partial charge in [-0.3, -0.25) is 4.57 Å². The number of aromatic amines is 1. The third-order valence-electron chi connectivity index (χ3n) is 7.30. The largest absolute Gasteiger partial charge is 0.382 e. The zero-order valence-corrected chi connectivity index (χ0v) is 25.5. The molecule has 0 aliphatic rings. The fourth-order valence-corrected chi connectivity index (χ4v) is 5.28. The van der Waals surface area contributed by atoms with Crippen LogP contribution in [-0.2, 0) is 11.2 Å². The molecule has 230 valence electrons. The van der Waals surface area contributed by atoms with Crippen LogP contribution in [0.15, 0.2) is 58.4 Å². The average molecular weight is 611 g/mol. The smallest absolute Gasteiger partial charge is 0.354 e. The summed E-state index contributed by atoms with van der Waals surface area (Å²) in [5.74, 6) is -0.484. The van der Waals surface area contributed by atoms with E-state index in [-0.39, 0.29) is 29.1 Å². The first-order chi connectivity index (χ1) is 20.5. The van der Waals surface area contributed by atoms with E-state index in [2.05, 4.69) is 27.2 Å². The lowest BCUT2D eigenvalue weighted by Gasteiger charge is -2.17.